The van der Waals surface area contributed by atoms with Crippen molar-refractivity contribution in [3.05, 3.63) is 59.7 Å². The summed E-state index contributed by atoms with van der Waals surface area (Å²) in [6, 6.07) is 16.1. The summed E-state index contributed by atoms with van der Waals surface area (Å²) < 4.78 is 19.0. The van der Waals surface area contributed by atoms with Gasteiger partial charge < -0.3 is 14.9 Å². The van der Waals surface area contributed by atoms with Gasteiger partial charge in [0.2, 0.25) is 5.82 Å². The third-order valence-corrected chi connectivity index (χ3v) is 6.68. The van der Waals surface area contributed by atoms with Gasteiger partial charge in [-0.15, -0.1) is 0 Å². The molecule has 6 nitrogen and oxygen atoms in total. The third-order valence-electron chi connectivity index (χ3n) is 6.68. The monoisotopic (exact) mass is 435 g/mol. The maximum Gasteiger partial charge on any atom is 0.303 e. The Labute approximate surface area is 185 Å². The molecule has 1 aliphatic heterocycles. The molecule has 5 rings (SSSR count). The van der Waals surface area contributed by atoms with Gasteiger partial charge in [0.05, 0.1) is 0 Å². The first-order valence-corrected chi connectivity index (χ1v) is 11.2. The molecule has 4 atom stereocenters. The first-order valence-electron chi connectivity index (χ1n) is 11.2. The molecule has 2 aromatic carbocycles. The maximum atomic E-state index is 13.5. The average Bonchev–Trinajstić information content (AvgIpc) is 3.55. The number of carboxylic acid groups (broad SMARTS) is 1. The Bertz CT molecular complexity index is 1080. The van der Waals surface area contributed by atoms with Gasteiger partial charge in [-0.05, 0) is 67.3 Å². The van der Waals surface area contributed by atoms with Crippen LogP contribution in [0, 0.1) is 5.92 Å². The molecule has 166 valence electrons. The minimum absolute atomic E-state index is 0.162. The zero-order valence-corrected chi connectivity index (χ0v) is 17.7. The molecule has 2 aliphatic rings. The van der Waals surface area contributed by atoms with Crippen molar-refractivity contribution < 1.29 is 18.8 Å². The summed E-state index contributed by atoms with van der Waals surface area (Å²) in [6.45, 7) is 0.723. The third kappa shape index (κ3) is 4.43. The Morgan fingerprint density at radius 1 is 1.03 bits per heavy atom. The van der Waals surface area contributed by atoms with Crippen LogP contribution in [-0.4, -0.2) is 33.9 Å². The molecule has 3 aromatic rings. The zero-order chi connectivity index (χ0) is 22.1. The van der Waals surface area contributed by atoms with Crippen molar-refractivity contribution in [2.45, 2.75) is 50.2 Å². The van der Waals surface area contributed by atoms with Crippen LogP contribution in [-0.2, 0) is 4.79 Å². The van der Waals surface area contributed by atoms with Crippen LogP contribution in [0.1, 0.15) is 55.2 Å². The molecule has 1 saturated carbocycles. The molecule has 2 heterocycles. The molecule has 0 amide bonds. The Balaban J connectivity index is 1.25. The molecule has 0 radical (unpaired) electrons. The van der Waals surface area contributed by atoms with E-state index in [2.05, 4.69) is 15.5 Å². The largest absolute Gasteiger partial charge is 0.481 e. The number of nitrogens with one attached hydrogen (secondary N) is 1. The van der Waals surface area contributed by atoms with Gasteiger partial charge in [0.1, 0.15) is 6.17 Å². The number of alkyl halides is 1. The predicted molar refractivity (Wildman–Crippen MR) is 118 cm³/mol. The van der Waals surface area contributed by atoms with E-state index in [-0.39, 0.29) is 18.4 Å². The fraction of sp³-hybridized carbons (Fsp3) is 0.400. The summed E-state index contributed by atoms with van der Waals surface area (Å²) >= 11 is 0. The van der Waals surface area contributed by atoms with Crippen LogP contribution in [0.2, 0.25) is 0 Å². The van der Waals surface area contributed by atoms with Gasteiger partial charge in [-0.2, -0.15) is 4.98 Å². The summed E-state index contributed by atoms with van der Waals surface area (Å²) in [5.41, 5.74) is 4.00. The van der Waals surface area contributed by atoms with E-state index in [0.29, 0.717) is 30.5 Å². The number of hydrogen-bond acceptors (Lipinski definition) is 5. The first kappa shape index (κ1) is 20.8. The number of hydrogen-bond donors (Lipinski definition) is 2. The highest BCUT2D eigenvalue weighted by atomic mass is 19.1. The maximum absolute atomic E-state index is 13.5. The van der Waals surface area contributed by atoms with E-state index >= 15 is 0 Å². The zero-order valence-electron chi connectivity index (χ0n) is 17.7. The van der Waals surface area contributed by atoms with Gasteiger partial charge in [-0.25, -0.2) is 4.39 Å². The lowest BCUT2D eigenvalue weighted by atomic mass is 9.96. The number of aliphatic carboxylic acids is 1. The van der Waals surface area contributed by atoms with E-state index in [4.69, 9.17) is 9.63 Å². The first-order chi connectivity index (χ1) is 15.5. The van der Waals surface area contributed by atoms with Crippen LogP contribution >= 0.6 is 0 Å². The molecule has 7 heteroatoms. The Kier molecular flexibility index (Phi) is 5.74. The van der Waals surface area contributed by atoms with E-state index in [1.54, 1.807) is 0 Å². The second kappa shape index (κ2) is 8.82. The summed E-state index contributed by atoms with van der Waals surface area (Å²) in [6.07, 6.45) is 2.50. The molecule has 1 aliphatic carbocycles. The number of benzene rings is 2. The lowest BCUT2D eigenvalue weighted by Crippen LogP contribution is -2.14. The highest BCUT2D eigenvalue weighted by molar-refractivity contribution is 5.67. The number of aromatic nitrogens is 2. The smallest absolute Gasteiger partial charge is 0.303 e. The fourth-order valence-electron chi connectivity index (χ4n) is 4.91. The van der Waals surface area contributed by atoms with Crippen molar-refractivity contribution >= 4 is 5.97 Å². The van der Waals surface area contributed by atoms with Crippen LogP contribution in [0.15, 0.2) is 53.1 Å². The minimum atomic E-state index is -0.748. The van der Waals surface area contributed by atoms with E-state index < -0.39 is 12.1 Å². The molecule has 1 aromatic heterocycles. The van der Waals surface area contributed by atoms with Gasteiger partial charge in [-0.3, -0.25) is 4.79 Å². The molecule has 0 bridgehead atoms. The molecule has 2 fully saturated rings. The van der Waals surface area contributed by atoms with Gasteiger partial charge in [0, 0.05) is 23.6 Å². The molecular weight excluding hydrogens is 409 g/mol. The van der Waals surface area contributed by atoms with Gasteiger partial charge in [-0.1, -0.05) is 41.6 Å². The van der Waals surface area contributed by atoms with Gasteiger partial charge in [0.25, 0.3) is 5.89 Å². The molecule has 1 saturated heterocycles. The second-order valence-electron chi connectivity index (χ2n) is 8.93. The standard InChI is InChI=1S/C25H26FN3O3/c26-21-10-9-20(13-21)16-1-7-19(8-2-16)25-28-24(29-32-25)18-5-3-17(4-6-18)22-11-15(14-27-22)12-23(30)31/h1-8,15,20-22,27H,9-14H2,(H,30,31). The lowest BCUT2D eigenvalue weighted by Gasteiger charge is -2.11. The molecular formula is C25H26FN3O3. The summed E-state index contributed by atoms with van der Waals surface area (Å²) in [5, 5.41) is 16.5. The lowest BCUT2D eigenvalue weighted by molar-refractivity contribution is -0.137. The Morgan fingerprint density at radius 2 is 1.75 bits per heavy atom. The molecule has 0 spiro atoms. The van der Waals surface area contributed by atoms with Gasteiger partial charge >= 0.3 is 5.97 Å². The highest BCUT2D eigenvalue weighted by Crippen LogP contribution is 2.37. The van der Waals surface area contributed by atoms with Crippen molar-refractivity contribution in [2.75, 3.05) is 6.54 Å². The predicted octanol–water partition coefficient (Wildman–Crippen LogP) is 5.13. The van der Waals surface area contributed by atoms with Crippen LogP contribution in [0.25, 0.3) is 22.8 Å². The Hall–Kier alpha value is -3.06. The topological polar surface area (TPSA) is 88.2 Å². The summed E-state index contributed by atoms with van der Waals surface area (Å²) in [5.74, 6) is 0.691. The van der Waals surface area contributed by atoms with Gasteiger partial charge in [0.15, 0.2) is 0 Å². The number of nitrogens with zero attached hydrogens (tertiary/aromatic N) is 2. The van der Waals surface area contributed by atoms with Crippen molar-refractivity contribution in [2.24, 2.45) is 5.92 Å². The van der Waals surface area contributed by atoms with Crippen molar-refractivity contribution in [1.82, 2.24) is 15.5 Å². The van der Waals surface area contributed by atoms with Crippen molar-refractivity contribution in [3.63, 3.8) is 0 Å². The summed E-state index contributed by atoms with van der Waals surface area (Å²) in [4.78, 5) is 15.5. The number of halogens is 1. The molecule has 2 N–H and O–H groups in total. The molecule has 4 unspecified atom stereocenters. The summed E-state index contributed by atoms with van der Waals surface area (Å²) in [7, 11) is 0. The number of rotatable bonds is 6. The number of carboxylic acids is 1. The van der Waals surface area contributed by atoms with E-state index in [1.165, 1.54) is 0 Å². The van der Waals surface area contributed by atoms with E-state index in [0.717, 1.165) is 41.6 Å². The van der Waals surface area contributed by atoms with Crippen LogP contribution in [0.4, 0.5) is 4.39 Å². The SMILES string of the molecule is O=C(O)CC1CNC(c2ccc(-c3noc(-c4ccc(C5CCC(F)C5)cc4)n3)cc2)C1. The van der Waals surface area contributed by atoms with Crippen LogP contribution in [0.5, 0.6) is 0 Å². The minimum Gasteiger partial charge on any atom is -0.481 e. The van der Waals surface area contributed by atoms with Crippen molar-refractivity contribution in [3.8, 4) is 22.8 Å². The quantitative estimate of drug-likeness (QED) is 0.558. The van der Waals surface area contributed by atoms with Crippen LogP contribution in [0.3, 0.4) is 0 Å². The number of carbonyl (C=O) groups is 1. The van der Waals surface area contributed by atoms with E-state index in [9.17, 15) is 9.18 Å². The molecule has 32 heavy (non-hydrogen) atoms. The normalized spacial score (nSPS) is 25.3. The van der Waals surface area contributed by atoms with E-state index in [1.807, 2.05) is 48.5 Å². The fourth-order valence-corrected chi connectivity index (χ4v) is 4.91. The van der Waals surface area contributed by atoms with Crippen molar-refractivity contribution in [1.29, 1.82) is 0 Å². The highest BCUT2D eigenvalue weighted by Gasteiger charge is 2.27. The second-order valence-corrected chi connectivity index (χ2v) is 8.93. The average molecular weight is 435 g/mol. The van der Waals surface area contributed by atoms with Crippen LogP contribution < -0.4 is 5.32 Å². The Morgan fingerprint density at radius 3 is 2.44 bits per heavy atom.